The monoisotopic (exact) mass is 351 g/mol. The van der Waals surface area contributed by atoms with Gasteiger partial charge in [-0.1, -0.05) is 43.2 Å². The minimum Gasteiger partial charge on any atom is -0.356 e. The highest BCUT2D eigenvalue weighted by molar-refractivity contribution is 7.18. The molecule has 1 saturated heterocycles. The molecule has 1 fully saturated rings. The summed E-state index contributed by atoms with van der Waals surface area (Å²) in [6.45, 7) is 6.65. The molecule has 1 aromatic carbocycles. The predicted octanol–water partition coefficient (Wildman–Crippen LogP) is 5.28. The van der Waals surface area contributed by atoms with Crippen molar-refractivity contribution in [3.05, 3.63) is 52.2 Å². The molecule has 0 N–H and O–H groups in total. The summed E-state index contributed by atoms with van der Waals surface area (Å²) >= 11 is 1.81. The number of rotatable bonds is 3. The number of hydrogen-bond donors (Lipinski definition) is 0. The van der Waals surface area contributed by atoms with Crippen molar-refractivity contribution in [2.45, 2.75) is 46.0 Å². The molecule has 0 spiro atoms. The summed E-state index contributed by atoms with van der Waals surface area (Å²) in [6.07, 6.45) is 6.00. The van der Waals surface area contributed by atoms with Crippen LogP contribution < -0.4 is 4.90 Å². The Kier molecular flexibility index (Phi) is 4.71. The molecule has 3 aromatic rings. The fourth-order valence-corrected chi connectivity index (χ4v) is 4.68. The summed E-state index contributed by atoms with van der Waals surface area (Å²) < 4.78 is 0. The average Bonchev–Trinajstić information content (AvgIpc) is 2.82. The van der Waals surface area contributed by atoms with E-state index in [2.05, 4.69) is 49.1 Å². The van der Waals surface area contributed by atoms with E-state index in [4.69, 9.17) is 9.97 Å². The summed E-state index contributed by atoms with van der Waals surface area (Å²) in [5, 5.41) is 1.28. The van der Waals surface area contributed by atoms with Crippen LogP contribution in [0.3, 0.4) is 0 Å². The van der Waals surface area contributed by atoms with Crippen LogP contribution in [0.2, 0.25) is 0 Å². The Morgan fingerprint density at radius 3 is 2.40 bits per heavy atom. The standard InChI is InChI=1S/C21H25N3S/c1-15-16(2)25-21-19(15)20(24-12-8-3-4-9-13-24)22-18(23-21)14-17-10-6-5-7-11-17/h5-7,10-11H,3-4,8-9,12-14H2,1-2H3. The summed E-state index contributed by atoms with van der Waals surface area (Å²) in [4.78, 5) is 15.0. The van der Waals surface area contributed by atoms with Crippen LogP contribution in [0.25, 0.3) is 10.2 Å². The minimum atomic E-state index is 0.799. The van der Waals surface area contributed by atoms with Crippen molar-refractivity contribution in [2.75, 3.05) is 18.0 Å². The highest BCUT2D eigenvalue weighted by Crippen LogP contribution is 2.36. The molecule has 0 amide bonds. The second-order valence-electron chi connectivity index (χ2n) is 6.99. The van der Waals surface area contributed by atoms with E-state index < -0.39 is 0 Å². The van der Waals surface area contributed by atoms with Crippen molar-refractivity contribution < 1.29 is 0 Å². The Labute approximate surface area is 153 Å². The van der Waals surface area contributed by atoms with Crippen molar-refractivity contribution in [3.63, 3.8) is 0 Å². The molecule has 25 heavy (non-hydrogen) atoms. The van der Waals surface area contributed by atoms with Gasteiger partial charge >= 0.3 is 0 Å². The Morgan fingerprint density at radius 2 is 1.68 bits per heavy atom. The van der Waals surface area contributed by atoms with Crippen LogP contribution in [-0.2, 0) is 6.42 Å². The zero-order valence-corrected chi connectivity index (χ0v) is 15.9. The lowest BCUT2D eigenvalue weighted by molar-refractivity contribution is 0.726. The Bertz CT molecular complexity index is 862. The van der Waals surface area contributed by atoms with E-state index in [-0.39, 0.29) is 0 Å². The van der Waals surface area contributed by atoms with Crippen LogP contribution >= 0.6 is 11.3 Å². The fraction of sp³-hybridized carbons (Fsp3) is 0.429. The smallest absolute Gasteiger partial charge is 0.141 e. The van der Waals surface area contributed by atoms with Crippen molar-refractivity contribution in [3.8, 4) is 0 Å². The highest BCUT2D eigenvalue weighted by atomic mass is 32.1. The van der Waals surface area contributed by atoms with Crippen molar-refractivity contribution in [1.29, 1.82) is 0 Å². The van der Waals surface area contributed by atoms with Gasteiger partial charge in [0.15, 0.2) is 0 Å². The third kappa shape index (κ3) is 3.40. The second kappa shape index (κ2) is 7.12. The van der Waals surface area contributed by atoms with Crippen LogP contribution in [0.4, 0.5) is 5.82 Å². The van der Waals surface area contributed by atoms with Crippen molar-refractivity contribution >= 4 is 27.4 Å². The number of anilines is 1. The van der Waals surface area contributed by atoms with Gasteiger partial charge in [-0.2, -0.15) is 0 Å². The van der Waals surface area contributed by atoms with Gasteiger partial charge in [-0.05, 0) is 37.8 Å². The maximum Gasteiger partial charge on any atom is 0.141 e. The first kappa shape index (κ1) is 16.5. The van der Waals surface area contributed by atoms with Gasteiger partial charge in [-0.3, -0.25) is 0 Å². The van der Waals surface area contributed by atoms with Crippen LogP contribution in [0.15, 0.2) is 30.3 Å². The first-order valence-corrected chi connectivity index (χ1v) is 10.1. The lowest BCUT2D eigenvalue weighted by Crippen LogP contribution is -2.25. The fourth-order valence-electron chi connectivity index (χ4n) is 3.64. The van der Waals surface area contributed by atoms with Gasteiger partial charge in [0.2, 0.25) is 0 Å². The normalized spacial score (nSPS) is 15.5. The molecular weight excluding hydrogens is 326 g/mol. The lowest BCUT2D eigenvalue weighted by atomic mass is 10.1. The third-order valence-corrected chi connectivity index (χ3v) is 6.27. The van der Waals surface area contributed by atoms with Gasteiger partial charge in [0.05, 0.1) is 5.39 Å². The molecule has 4 rings (SSSR count). The molecule has 130 valence electrons. The van der Waals surface area contributed by atoms with Gasteiger partial charge in [-0.25, -0.2) is 9.97 Å². The second-order valence-corrected chi connectivity index (χ2v) is 8.19. The Balaban J connectivity index is 1.80. The number of aryl methyl sites for hydroxylation is 2. The van der Waals surface area contributed by atoms with Gasteiger partial charge < -0.3 is 4.90 Å². The third-order valence-electron chi connectivity index (χ3n) is 5.17. The summed E-state index contributed by atoms with van der Waals surface area (Å²) in [6, 6.07) is 10.5. The zero-order valence-electron chi connectivity index (χ0n) is 15.1. The van der Waals surface area contributed by atoms with E-state index in [9.17, 15) is 0 Å². The predicted molar refractivity (Wildman–Crippen MR) is 107 cm³/mol. The zero-order chi connectivity index (χ0) is 17.2. The molecule has 1 aliphatic rings. The quantitative estimate of drug-likeness (QED) is 0.643. The van der Waals surface area contributed by atoms with E-state index in [1.54, 1.807) is 0 Å². The van der Waals surface area contributed by atoms with Gasteiger partial charge in [0.1, 0.15) is 16.5 Å². The van der Waals surface area contributed by atoms with E-state index >= 15 is 0 Å². The Hall–Kier alpha value is -1.94. The van der Waals surface area contributed by atoms with E-state index in [0.717, 1.165) is 30.2 Å². The molecule has 0 aliphatic carbocycles. The molecule has 0 unspecified atom stereocenters. The molecule has 0 saturated carbocycles. The molecule has 0 radical (unpaired) electrons. The number of aromatic nitrogens is 2. The van der Waals surface area contributed by atoms with E-state index in [1.165, 1.54) is 52.9 Å². The molecule has 3 nitrogen and oxygen atoms in total. The first-order valence-electron chi connectivity index (χ1n) is 9.28. The molecular formula is C21H25N3S. The SMILES string of the molecule is Cc1sc2nc(Cc3ccccc3)nc(N3CCCCCC3)c2c1C. The molecule has 0 atom stereocenters. The van der Waals surface area contributed by atoms with Gasteiger partial charge in [0, 0.05) is 24.4 Å². The van der Waals surface area contributed by atoms with E-state index in [1.807, 2.05) is 11.3 Å². The van der Waals surface area contributed by atoms with Gasteiger partial charge in [-0.15, -0.1) is 11.3 Å². The maximum absolute atomic E-state index is 5.06. The van der Waals surface area contributed by atoms with Crippen molar-refractivity contribution in [2.24, 2.45) is 0 Å². The number of fused-ring (bicyclic) bond motifs is 1. The number of nitrogens with zero attached hydrogens (tertiary/aromatic N) is 3. The highest BCUT2D eigenvalue weighted by Gasteiger charge is 2.20. The summed E-state index contributed by atoms with van der Waals surface area (Å²) in [7, 11) is 0. The topological polar surface area (TPSA) is 29.0 Å². The van der Waals surface area contributed by atoms with Crippen LogP contribution in [0.1, 0.15) is 47.5 Å². The molecule has 4 heteroatoms. The van der Waals surface area contributed by atoms with Crippen LogP contribution in [-0.4, -0.2) is 23.1 Å². The summed E-state index contributed by atoms with van der Waals surface area (Å²) in [5.74, 6) is 2.11. The average molecular weight is 352 g/mol. The number of benzene rings is 1. The molecule has 3 heterocycles. The number of hydrogen-bond acceptors (Lipinski definition) is 4. The molecule has 2 aromatic heterocycles. The van der Waals surface area contributed by atoms with Gasteiger partial charge in [0.25, 0.3) is 0 Å². The largest absolute Gasteiger partial charge is 0.356 e. The number of thiophene rings is 1. The lowest BCUT2D eigenvalue weighted by Gasteiger charge is -2.23. The summed E-state index contributed by atoms with van der Waals surface area (Å²) in [5.41, 5.74) is 2.62. The van der Waals surface area contributed by atoms with Crippen LogP contribution in [0, 0.1) is 13.8 Å². The minimum absolute atomic E-state index is 0.799. The first-order chi connectivity index (χ1) is 12.2. The van der Waals surface area contributed by atoms with E-state index in [0.29, 0.717) is 0 Å². The Morgan fingerprint density at radius 1 is 0.960 bits per heavy atom. The molecule has 1 aliphatic heterocycles. The van der Waals surface area contributed by atoms with Crippen molar-refractivity contribution in [1.82, 2.24) is 9.97 Å². The molecule has 0 bridgehead atoms. The maximum atomic E-state index is 5.06. The van der Waals surface area contributed by atoms with Crippen LogP contribution in [0.5, 0.6) is 0 Å².